The van der Waals surface area contributed by atoms with Crippen LogP contribution in [0.5, 0.6) is 0 Å². The average molecular weight is 293 g/mol. The molecule has 0 saturated heterocycles. The fourth-order valence-corrected chi connectivity index (χ4v) is 2.75. The third-order valence-corrected chi connectivity index (χ3v) is 4.12. The summed E-state index contributed by atoms with van der Waals surface area (Å²) in [7, 11) is 0. The molecule has 0 N–H and O–H groups in total. The lowest BCUT2D eigenvalue weighted by Crippen LogP contribution is -2.17. The van der Waals surface area contributed by atoms with Gasteiger partial charge in [-0.3, -0.25) is 0 Å². The molecule has 0 unspecified atom stereocenters. The molecule has 1 rings (SSSR count). The Bertz CT molecular complexity index is 273. The van der Waals surface area contributed by atoms with Crippen LogP contribution in [0.15, 0.2) is 24.6 Å². The zero-order valence-corrected chi connectivity index (χ0v) is 14.1. The summed E-state index contributed by atoms with van der Waals surface area (Å²) in [5, 5.41) is 1.92. The highest BCUT2D eigenvalue weighted by Gasteiger charge is 2.00. The van der Waals surface area contributed by atoms with Gasteiger partial charge in [-0.05, 0) is 18.6 Å². The molecule has 0 aromatic carbocycles. The molecule has 0 fully saturated rings. The third kappa shape index (κ3) is 11.4. The highest BCUT2D eigenvalue weighted by atomic mass is 16.7. The van der Waals surface area contributed by atoms with Gasteiger partial charge in [0.2, 0.25) is 0 Å². The zero-order chi connectivity index (χ0) is 15.0. The first-order valence-corrected chi connectivity index (χ1v) is 9.20. The molecule has 0 spiro atoms. The second-order valence-corrected chi connectivity index (χ2v) is 6.16. The number of allylic oxidation sites excluding steroid dienone is 2. The Hall–Kier alpha value is -0.920. The van der Waals surface area contributed by atoms with Gasteiger partial charge >= 0.3 is 0 Å². The Kier molecular flexibility index (Phi) is 12.1. The molecule has 122 valence electrons. The Morgan fingerprint density at radius 2 is 1.19 bits per heavy atom. The second-order valence-electron chi connectivity index (χ2n) is 6.16. The van der Waals surface area contributed by atoms with E-state index >= 15 is 0 Å². The van der Waals surface area contributed by atoms with E-state index in [-0.39, 0.29) is 0 Å². The van der Waals surface area contributed by atoms with Crippen LogP contribution in [0.2, 0.25) is 0 Å². The quantitative estimate of drug-likeness (QED) is 0.346. The Balaban J connectivity index is 1.71. The van der Waals surface area contributed by atoms with Crippen LogP contribution >= 0.6 is 0 Å². The van der Waals surface area contributed by atoms with E-state index in [1.54, 1.807) is 6.26 Å². The first-order chi connectivity index (χ1) is 10.4. The predicted octanol–water partition coefficient (Wildman–Crippen LogP) is 6.35. The maximum atomic E-state index is 5.35. The van der Waals surface area contributed by atoms with E-state index in [4.69, 9.17) is 4.84 Å². The number of hydrogen-bond acceptors (Lipinski definition) is 2. The van der Waals surface area contributed by atoms with E-state index < -0.39 is 0 Å². The van der Waals surface area contributed by atoms with E-state index in [1.165, 1.54) is 83.5 Å². The molecule has 0 aliphatic carbocycles. The summed E-state index contributed by atoms with van der Waals surface area (Å²) in [5.74, 6) is 0. The van der Waals surface area contributed by atoms with Crippen molar-refractivity contribution >= 4 is 0 Å². The van der Waals surface area contributed by atoms with E-state index in [1.807, 2.05) is 23.4 Å². The molecule has 21 heavy (non-hydrogen) atoms. The van der Waals surface area contributed by atoms with E-state index in [0.29, 0.717) is 0 Å². The van der Waals surface area contributed by atoms with Gasteiger partial charge in [-0.15, -0.1) is 0 Å². The largest absolute Gasteiger partial charge is 0.388 e. The van der Waals surface area contributed by atoms with Crippen LogP contribution < -0.4 is 0 Å². The van der Waals surface area contributed by atoms with Crippen molar-refractivity contribution in [3.63, 3.8) is 0 Å². The van der Waals surface area contributed by atoms with Crippen LogP contribution in [0.3, 0.4) is 0 Å². The third-order valence-electron chi connectivity index (χ3n) is 4.12. The number of nitrogens with zero attached hydrogens (tertiary/aromatic N) is 1. The SMILES string of the molecule is CCCCCCCCCCCCCCCN1C=CC=CO1. The molecule has 0 saturated carbocycles. The van der Waals surface area contributed by atoms with Gasteiger partial charge in [-0.1, -0.05) is 84.0 Å². The first-order valence-electron chi connectivity index (χ1n) is 9.20. The summed E-state index contributed by atoms with van der Waals surface area (Å²) in [5.41, 5.74) is 0. The lowest BCUT2D eigenvalue weighted by molar-refractivity contribution is -0.0604. The summed E-state index contributed by atoms with van der Waals surface area (Å²) in [6.07, 6.45) is 25.9. The van der Waals surface area contributed by atoms with E-state index in [9.17, 15) is 0 Å². The first kappa shape index (κ1) is 18.1. The van der Waals surface area contributed by atoms with Crippen LogP contribution in [-0.2, 0) is 4.84 Å². The van der Waals surface area contributed by atoms with Crippen molar-refractivity contribution in [2.45, 2.75) is 90.4 Å². The van der Waals surface area contributed by atoms with E-state index in [0.717, 1.165) is 6.54 Å². The van der Waals surface area contributed by atoms with Gasteiger partial charge < -0.3 is 4.84 Å². The minimum atomic E-state index is 1.01. The Morgan fingerprint density at radius 1 is 0.667 bits per heavy atom. The van der Waals surface area contributed by atoms with Crippen molar-refractivity contribution in [3.8, 4) is 0 Å². The molecule has 1 aliphatic rings. The molecular weight excluding hydrogens is 258 g/mol. The van der Waals surface area contributed by atoms with Gasteiger partial charge in [0.15, 0.2) is 0 Å². The van der Waals surface area contributed by atoms with Crippen molar-refractivity contribution in [3.05, 3.63) is 24.6 Å². The number of rotatable bonds is 14. The topological polar surface area (TPSA) is 12.5 Å². The van der Waals surface area contributed by atoms with Crippen LogP contribution in [0.1, 0.15) is 90.4 Å². The molecule has 0 atom stereocenters. The average Bonchev–Trinajstić information content (AvgIpc) is 2.53. The zero-order valence-electron chi connectivity index (χ0n) is 14.1. The molecule has 2 heteroatoms. The van der Waals surface area contributed by atoms with Crippen LogP contribution in [0.4, 0.5) is 0 Å². The number of hydrogen-bond donors (Lipinski definition) is 0. The van der Waals surface area contributed by atoms with Crippen LogP contribution in [0.25, 0.3) is 0 Å². The molecular formula is C19H35NO. The lowest BCUT2D eigenvalue weighted by Gasteiger charge is -2.19. The van der Waals surface area contributed by atoms with Crippen molar-refractivity contribution in [2.24, 2.45) is 0 Å². The summed E-state index contributed by atoms with van der Waals surface area (Å²) >= 11 is 0. The summed E-state index contributed by atoms with van der Waals surface area (Å²) in [6.45, 7) is 3.30. The normalized spacial score (nSPS) is 13.7. The lowest BCUT2D eigenvalue weighted by atomic mass is 10.0. The Morgan fingerprint density at radius 3 is 1.67 bits per heavy atom. The minimum Gasteiger partial charge on any atom is -0.388 e. The molecule has 2 nitrogen and oxygen atoms in total. The maximum absolute atomic E-state index is 5.35. The summed E-state index contributed by atoms with van der Waals surface area (Å²) in [6, 6.07) is 0. The molecule has 0 bridgehead atoms. The highest BCUT2D eigenvalue weighted by molar-refractivity contribution is 5.01. The fourth-order valence-electron chi connectivity index (χ4n) is 2.75. The van der Waals surface area contributed by atoms with Crippen LogP contribution in [-0.4, -0.2) is 11.6 Å². The molecule has 1 aliphatic heterocycles. The van der Waals surface area contributed by atoms with Gasteiger partial charge in [-0.2, -0.15) is 0 Å². The Labute approximate surface area is 132 Å². The number of hydroxylamine groups is 2. The number of unbranched alkanes of at least 4 members (excludes halogenated alkanes) is 12. The standard InChI is InChI=1S/C19H35NO/c1-2-3-4-5-6-7-8-9-10-11-12-13-14-17-20-18-15-16-19-21-20/h15-16,18-19H,2-14,17H2,1H3. The van der Waals surface area contributed by atoms with E-state index in [2.05, 4.69) is 6.92 Å². The molecule has 0 aromatic rings. The predicted molar refractivity (Wildman–Crippen MR) is 91.8 cm³/mol. The molecule has 0 amide bonds. The van der Waals surface area contributed by atoms with Crippen molar-refractivity contribution < 1.29 is 4.84 Å². The van der Waals surface area contributed by atoms with Gasteiger partial charge in [-0.25, -0.2) is 5.06 Å². The van der Waals surface area contributed by atoms with Gasteiger partial charge in [0.1, 0.15) is 6.26 Å². The van der Waals surface area contributed by atoms with Crippen molar-refractivity contribution in [1.82, 2.24) is 5.06 Å². The highest BCUT2D eigenvalue weighted by Crippen LogP contribution is 2.13. The van der Waals surface area contributed by atoms with Gasteiger partial charge in [0, 0.05) is 6.20 Å². The van der Waals surface area contributed by atoms with Gasteiger partial charge in [0.05, 0.1) is 6.54 Å². The maximum Gasteiger partial charge on any atom is 0.119 e. The van der Waals surface area contributed by atoms with Crippen molar-refractivity contribution in [2.75, 3.05) is 6.54 Å². The fraction of sp³-hybridized carbons (Fsp3) is 0.789. The molecule has 0 aromatic heterocycles. The van der Waals surface area contributed by atoms with Crippen molar-refractivity contribution in [1.29, 1.82) is 0 Å². The second kappa shape index (κ2) is 14.0. The smallest absolute Gasteiger partial charge is 0.119 e. The molecule has 1 heterocycles. The monoisotopic (exact) mass is 293 g/mol. The molecule has 0 radical (unpaired) electrons. The van der Waals surface area contributed by atoms with Gasteiger partial charge in [0.25, 0.3) is 0 Å². The summed E-state index contributed by atoms with van der Waals surface area (Å²) < 4.78 is 0. The summed E-state index contributed by atoms with van der Waals surface area (Å²) in [4.78, 5) is 5.35. The van der Waals surface area contributed by atoms with Crippen LogP contribution in [0, 0.1) is 0 Å². The minimum absolute atomic E-state index is 1.01.